The zero-order valence-electron chi connectivity index (χ0n) is 16.9. The molecule has 0 heterocycles. The first-order valence-corrected chi connectivity index (χ1v) is 10.6. The van der Waals surface area contributed by atoms with Gasteiger partial charge in [-0.05, 0) is 49.9 Å². The molecule has 0 aliphatic carbocycles. The second kappa shape index (κ2) is 11.0. The Morgan fingerprint density at radius 2 is 1.82 bits per heavy atom. The van der Waals surface area contributed by atoms with E-state index in [1.165, 1.54) is 5.56 Å². The summed E-state index contributed by atoms with van der Waals surface area (Å²) in [4.78, 5) is 27.2. The molecule has 1 atom stereocenters. The molecule has 0 aromatic heterocycles. The molecule has 0 saturated carbocycles. The van der Waals surface area contributed by atoms with E-state index >= 15 is 0 Å². The highest BCUT2D eigenvalue weighted by Gasteiger charge is 2.25. The fourth-order valence-electron chi connectivity index (χ4n) is 2.96. The van der Waals surface area contributed by atoms with Crippen molar-refractivity contribution in [3.05, 3.63) is 69.7 Å². The molecule has 150 valence electrons. The van der Waals surface area contributed by atoms with Gasteiger partial charge in [0.25, 0.3) is 0 Å². The fraction of sp³-hybridized carbons (Fsp3) is 0.391. The minimum absolute atomic E-state index is 0.0142. The highest BCUT2D eigenvalue weighted by Crippen LogP contribution is 2.17. The van der Waals surface area contributed by atoms with Gasteiger partial charge in [-0.2, -0.15) is 0 Å². The van der Waals surface area contributed by atoms with Crippen LogP contribution in [0.4, 0.5) is 0 Å². The Morgan fingerprint density at radius 1 is 1.11 bits per heavy atom. The molecule has 4 nitrogen and oxygen atoms in total. The molecule has 0 unspecified atom stereocenters. The highest BCUT2D eigenvalue weighted by molar-refractivity contribution is 9.10. The Hall–Kier alpha value is -2.14. The van der Waals surface area contributed by atoms with Crippen LogP contribution in [0.15, 0.2) is 53.0 Å². The van der Waals surface area contributed by atoms with Crippen LogP contribution in [0.5, 0.6) is 0 Å². The van der Waals surface area contributed by atoms with Crippen molar-refractivity contribution in [2.75, 3.05) is 6.54 Å². The molecule has 0 bridgehead atoms. The van der Waals surface area contributed by atoms with Crippen molar-refractivity contribution in [2.24, 2.45) is 0 Å². The largest absolute Gasteiger partial charge is 0.354 e. The summed E-state index contributed by atoms with van der Waals surface area (Å²) in [6, 6.07) is 15.5. The van der Waals surface area contributed by atoms with Crippen LogP contribution in [0.3, 0.4) is 0 Å². The highest BCUT2D eigenvalue weighted by atomic mass is 79.9. The van der Waals surface area contributed by atoms with Gasteiger partial charge in [-0.15, -0.1) is 0 Å². The summed E-state index contributed by atoms with van der Waals surface area (Å²) >= 11 is 3.47. The number of carbonyl (C=O) groups excluding carboxylic acids is 2. The Balaban J connectivity index is 2.12. The first kappa shape index (κ1) is 22.2. The van der Waals surface area contributed by atoms with Gasteiger partial charge >= 0.3 is 0 Å². The number of halogens is 1. The van der Waals surface area contributed by atoms with E-state index in [-0.39, 0.29) is 11.8 Å². The van der Waals surface area contributed by atoms with Gasteiger partial charge in [0.2, 0.25) is 11.8 Å². The van der Waals surface area contributed by atoms with Crippen LogP contribution in [0.1, 0.15) is 43.4 Å². The number of rotatable bonds is 9. The van der Waals surface area contributed by atoms with E-state index in [0.29, 0.717) is 25.9 Å². The minimum Gasteiger partial charge on any atom is -0.354 e. The fourth-order valence-corrected chi connectivity index (χ4v) is 3.41. The summed E-state index contributed by atoms with van der Waals surface area (Å²) in [5.41, 5.74) is 3.32. The minimum atomic E-state index is -0.518. The Morgan fingerprint density at radius 3 is 2.46 bits per heavy atom. The lowest BCUT2D eigenvalue weighted by molar-refractivity contribution is -0.140. The molecule has 0 spiro atoms. The molecule has 0 radical (unpaired) electrons. The van der Waals surface area contributed by atoms with Gasteiger partial charge in [-0.25, -0.2) is 0 Å². The van der Waals surface area contributed by atoms with Crippen LogP contribution < -0.4 is 5.32 Å². The normalized spacial score (nSPS) is 11.7. The summed E-state index contributed by atoms with van der Waals surface area (Å²) in [6.07, 6.45) is 1.91. The Bertz CT molecular complexity index is 789. The molecule has 2 aromatic rings. The van der Waals surface area contributed by atoms with Crippen LogP contribution >= 0.6 is 15.9 Å². The Labute approximate surface area is 176 Å². The van der Waals surface area contributed by atoms with E-state index in [0.717, 1.165) is 22.0 Å². The van der Waals surface area contributed by atoms with E-state index in [1.807, 2.05) is 38.1 Å². The predicted molar refractivity (Wildman–Crippen MR) is 117 cm³/mol. The molecular weight excluding hydrogens is 416 g/mol. The molecule has 0 saturated heterocycles. The van der Waals surface area contributed by atoms with Crippen molar-refractivity contribution in [3.63, 3.8) is 0 Å². The van der Waals surface area contributed by atoms with Crippen LogP contribution in [0, 0.1) is 6.92 Å². The second-order valence-corrected chi connectivity index (χ2v) is 8.02. The summed E-state index contributed by atoms with van der Waals surface area (Å²) < 4.78 is 0.958. The third-order valence-corrected chi connectivity index (χ3v) is 5.20. The summed E-state index contributed by atoms with van der Waals surface area (Å²) in [5.74, 6) is -0.125. The maximum atomic E-state index is 13.0. The summed E-state index contributed by atoms with van der Waals surface area (Å²) in [5, 5.41) is 2.90. The predicted octanol–water partition coefficient (Wildman–Crippen LogP) is 4.63. The standard InChI is InChI=1S/C23H29BrN2O2/c1-4-14-25-23(28)18(3)26(16-20-6-5-7-21(24)15-20)22(27)13-12-19-10-8-17(2)9-11-19/h5-11,15,18H,4,12-14,16H2,1-3H3,(H,25,28)/t18-/m0/s1. The maximum absolute atomic E-state index is 13.0. The number of hydrogen-bond acceptors (Lipinski definition) is 2. The van der Waals surface area contributed by atoms with E-state index in [1.54, 1.807) is 11.8 Å². The Kier molecular flexibility index (Phi) is 8.71. The lowest BCUT2D eigenvalue weighted by atomic mass is 10.1. The lowest BCUT2D eigenvalue weighted by Crippen LogP contribution is -2.47. The van der Waals surface area contributed by atoms with Crippen LogP contribution in [-0.4, -0.2) is 29.3 Å². The van der Waals surface area contributed by atoms with E-state index in [9.17, 15) is 9.59 Å². The topological polar surface area (TPSA) is 49.4 Å². The zero-order chi connectivity index (χ0) is 20.5. The lowest BCUT2D eigenvalue weighted by Gasteiger charge is -2.29. The molecule has 0 aliphatic heterocycles. The molecule has 0 fully saturated rings. The number of nitrogens with one attached hydrogen (secondary N) is 1. The number of aryl methyl sites for hydroxylation is 2. The number of carbonyl (C=O) groups is 2. The summed E-state index contributed by atoms with van der Waals surface area (Å²) in [7, 11) is 0. The van der Waals surface area contributed by atoms with E-state index in [2.05, 4.69) is 45.5 Å². The van der Waals surface area contributed by atoms with Crippen molar-refractivity contribution in [3.8, 4) is 0 Å². The SMILES string of the molecule is CCCNC(=O)[C@H](C)N(Cc1cccc(Br)c1)C(=O)CCc1ccc(C)cc1. The average Bonchev–Trinajstić information content (AvgIpc) is 2.69. The monoisotopic (exact) mass is 444 g/mol. The third-order valence-electron chi connectivity index (χ3n) is 4.71. The van der Waals surface area contributed by atoms with Crippen LogP contribution in [0.2, 0.25) is 0 Å². The first-order chi connectivity index (χ1) is 13.4. The zero-order valence-corrected chi connectivity index (χ0v) is 18.5. The number of nitrogens with zero attached hydrogens (tertiary/aromatic N) is 1. The van der Waals surface area contributed by atoms with Crippen LogP contribution in [0.25, 0.3) is 0 Å². The van der Waals surface area contributed by atoms with Crippen molar-refractivity contribution in [1.82, 2.24) is 10.2 Å². The second-order valence-electron chi connectivity index (χ2n) is 7.10. The van der Waals surface area contributed by atoms with Crippen molar-refractivity contribution < 1.29 is 9.59 Å². The molecule has 0 aliphatic rings. The molecule has 1 N–H and O–H groups in total. The maximum Gasteiger partial charge on any atom is 0.242 e. The van der Waals surface area contributed by atoms with Gasteiger partial charge in [-0.1, -0.05) is 64.8 Å². The number of hydrogen-bond donors (Lipinski definition) is 1. The van der Waals surface area contributed by atoms with Gasteiger partial charge in [0.1, 0.15) is 6.04 Å². The van der Waals surface area contributed by atoms with E-state index < -0.39 is 6.04 Å². The number of benzene rings is 2. The molecule has 2 amide bonds. The molecule has 5 heteroatoms. The van der Waals surface area contributed by atoms with Gasteiger partial charge in [0.15, 0.2) is 0 Å². The van der Waals surface area contributed by atoms with Gasteiger partial charge in [-0.3, -0.25) is 9.59 Å². The van der Waals surface area contributed by atoms with Crippen molar-refractivity contribution >= 4 is 27.7 Å². The van der Waals surface area contributed by atoms with Crippen molar-refractivity contribution in [2.45, 2.75) is 52.6 Å². The smallest absolute Gasteiger partial charge is 0.242 e. The van der Waals surface area contributed by atoms with Gasteiger partial charge in [0.05, 0.1) is 0 Å². The van der Waals surface area contributed by atoms with Gasteiger partial charge in [0, 0.05) is 24.0 Å². The molecular formula is C23H29BrN2O2. The molecule has 2 rings (SSSR count). The van der Waals surface area contributed by atoms with Gasteiger partial charge < -0.3 is 10.2 Å². The number of amides is 2. The van der Waals surface area contributed by atoms with Crippen molar-refractivity contribution in [1.29, 1.82) is 0 Å². The van der Waals surface area contributed by atoms with Crippen LogP contribution in [-0.2, 0) is 22.6 Å². The average molecular weight is 445 g/mol. The third kappa shape index (κ3) is 6.79. The van der Waals surface area contributed by atoms with E-state index in [4.69, 9.17) is 0 Å². The quantitative estimate of drug-likeness (QED) is 0.612. The summed E-state index contributed by atoms with van der Waals surface area (Å²) in [6.45, 7) is 6.88. The molecule has 2 aromatic carbocycles. The first-order valence-electron chi connectivity index (χ1n) is 9.78. The molecule has 28 heavy (non-hydrogen) atoms.